The molecule has 76 valence electrons. The third kappa shape index (κ3) is 4.43. The molecule has 0 spiro atoms. The highest BCUT2D eigenvalue weighted by Gasteiger charge is 1.92. The molecule has 0 bridgehead atoms. The number of hydrogen-bond donors (Lipinski definition) is 0. The Morgan fingerprint density at radius 3 is 3.13 bits per heavy atom. The molecule has 1 aromatic heterocycles. The maximum absolute atomic E-state index is 10.6. The number of rotatable bonds is 3. The molecule has 0 atom stereocenters. The van der Waals surface area contributed by atoms with Gasteiger partial charge in [0.25, 0.3) is 0 Å². The van der Waals surface area contributed by atoms with Crippen LogP contribution in [-0.2, 0) is 4.79 Å². The van der Waals surface area contributed by atoms with Crippen molar-refractivity contribution in [3.63, 3.8) is 0 Å². The topological polar surface area (TPSA) is 53.8 Å². The molecular weight excluding hydrogens is 208 g/mol. The van der Waals surface area contributed by atoms with Gasteiger partial charge in [-0.3, -0.25) is 9.78 Å². The summed E-state index contributed by atoms with van der Waals surface area (Å²) < 4.78 is 0. The third-order valence-electron chi connectivity index (χ3n) is 1.58. The van der Waals surface area contributed by atoms with Crippen LogP contribution < -0.4 is 0 Å². The van der Waals surface area contributed by atoms with Crippen LogP contribution in [-0.4, -0.2) is 15.9 Å². The molecule has 1 rings (SSSR count). The van der Waals surface area contributed by atoms with Gasteiger partial charge in [0.15, 0.2) is 5.12 Å². The average Bonchev–Trinajstić information content (AvgIpc) is 2.24. The lowest BCUT2D eigenvalue weighted by atomic mass is 10.2. The molecule has 0 saturated carbocycles. The fourth-order valence-corrected chi connectivity index (χ4v) is 1.39. The van der Waals surface area contributed by atoms with Crippen LogP contribution in [0.5, 0.6) is 0 Å². The molecule has 0 saturated heterocycles. The van der Waals surface area contributed by atoms with Crippen LogP contribution in [0.1, 0.15) is 18.1 Å². The van der Waals surface area contributed by atoms with Crippen molar-refractivity contribution in [2.24, 2.45) is 0 Å². The van der Waals surface area contributed by atoms with Crippen molar-refractivity contribution in [3.05, 3.63) is 35.7 Å². The molecule has 0 unspecified atom stereocenters. The van der Waals surface area contributed by atoms with E-state index in [2.05, 4.69) is 4.98 Å². The molecule has 0 amide bonds. The monoisotopic (exact) mass is 218 g/mol. The molecule has 15 heavy (non-hydrogen) atoms. The van der Waals surface area contributed by atoms with E-state index in [0.717, 1.165) is 5.56 Å². The number of aromatic nitrogens is 1. The summed E-state index contributed by atoms with van der Waals surface area (Å²) in [5.74, 6) is 0.645. The Morgan fingerprint density at radius 1 is 1.67 bits per heavy atom. The highest BCUT2D eigenvalue weighted by Crippen LogP contribution is 2.06. The summed E-state index contributed by atoms with van der Waals surface area (Å²) >= 11 is 1.25. The van der Waals surface area contributed by atoms with Gasteiger partial charge in [-0.05, 0) is 11.6 Å². The van der Waals surface area contributed by atoms with Crippen LogP contribution in [0.2, 0.25) is 0 Å². The van der Waals surface area contributed by atoms with Crippen molar-refractivity contribution < 1.29 is 4.79 Å². The lowest BCUT2D eigenvalue weighted by molar-refractivity contribution is -0.109. The first-order valence-electron chi connectivity index (χ1n) is 4.37. The molecule has 4 heteroatoms. The lowest BCUT2D eigenvalue weighted by Gasteiger charge is -1.93. The number of carbonyl (C=O) groups excluding carboxylic acids is 1. The molecule has 1 aromatic rings. The number of nitrogens with zero attached hydrogens (tertiary/aromatic N) is 2. The summed E-state index contributed by atoms with van der Waals surface area (Å²) in [7, 11) is 0. The first-order valence-corrected chi connectivity index (χ1v) is 5.36. The molecular formula is C11H10N2OS. The number of nitriles is 1. The van der Waals surface area contributed by atoms with Crippen LogP contribution >= 0.6 is 11.8 Å². The molecule has 0 aliphatic rings. The highest BCUT2D eigenvalue weighted by atomic mass is 32.2. The van der Waals surface area contributed by atoms with E-state index >= 15 is 0 Å². The van der Waals surface area contributed by atoms with Gasteiger partial charge in [-0.15, -0.1) is 0 Å². The van der Waals surface area contributed by atoms with Crippen LogP contribution in [0.15, 0.2) is 24.5 Å². The molecule has 0 fully saturated rings. The van der Waals surface area contributed by atoms with Gasteiger partial charge in [0, 0.05) is 25.1 Å². The highest BCUT2D eigenvalue weighted by molar-refractivity contribution is 8.13. The number of pyridine rings is 1. The van der Waals surface area contributed by atoms with Gasteiger partial charge in [0.2, 0.25) is 0 Å². The van der Waals surface area contributed by atoms with Gasteiger partial charge < -0.3 is 0 Å². The van der Waals surface area contributed by atoms with E-state index in [9.17, 15) is 4.79 Å². The molecule has 1 heterocycles. The van der Waals surface area contributed by atoms with E-state index in [-0.39, 0.29) is 5.12 Å². The predicted octanol–water partition coefficient (Wildman–Crippen LogP) is 2.25. The third-order valence-corrected chi connectivity index (χ3v) is 2.35. The van der Waals surface area contributed by atoms with E-state index in [1.54, 1.807) is 12.3 Å². The second-order valence-electron chi connectivity index (χ2n) is 2.82. The van der Waals surface area contributed by atoms with Gasteiger partial charge in [-0.25, -0.2) is 0 Å². The first-order chi connectivity index (χ1) is 7.22. The Labute approximate surface area is 92.8 Å². The van der Waals surface area contributed by atoms with Gasteiger partial charge >= 0.3 is 0 Å². The SMILES string of the molecule is CC(=O)SCC=Cc1cncc(C#N)c1. The fourth-order valence-electron chi connectivity index (χ4n) is 0.960. The zero-order valence-electron chi connectivity index (χ0n) is 8.30. The normalized spacial score (nSPS) is 10.1. The van der Waals surface area contributed by atoms with Crippen molar-refractivity contribution in [2.75, 3.05) is 5.75 Å². The molecule has 3 nitrogen and oxygen atoms in total. The van der Waals surface area contributed by atoms with Crippen LogP contribution in [0.4, 0.5) is 0 Å². The molecule has 0 aliphatic carbocycles. The largest absolute Gasteiger partial charge is 0.288 e. The minimum atomic E-state index is 0.101. The van der Waals surface area contributed by atoms with E-state index in [1.807, 2.05) is 18.2 Å². The summed E-state index contributed by atoms with van der Waals surface area (Å²) in [5.41, 5.74) is 1.41. The van der Waals surface area contributed by atoms with Crippen molar-refractivity contribution in [3.8, 4) is 6.07 Å². The Balaban J connectivity index is 2.57. The van der Waals surface area contributed by atoms with Crippen LogP contribution in [0.3, 0.4) is 0 Å². The summed E-state index contributed by atoms with van der Waals surface area (Å²) in [6.45, 7) is 1.54. The minimum absolute atomic E-state index is 0.101. The van der Waals surface area contributed by atoms with Gasteiger partial charge in [-0.2, -0.15) is 5.26 Å². The van der Waals surface area contributed by atoms with Crippen LogP contribution in [0.25, 0.3) is 6.08 Å². The van der Waals surface area contributed by atoms with E-state index in [0.29, 0.717) is 11.3 Å². The molecule has 0 radical (unpaired) electrons. The van der Waals surface area contributed by atoms with E-state index in [4.69, 9.17) is 5.26 Å². The van der Waals surface area contributed by atoms with Gasteiger partial charge in [0.1, 0.15) is 6.07 Å². The Kier molecular flexibility index (Phi) is 4.58. The second-order valence-corrected chi connectivity index (χ2v) is 4.02. The fraction of sp³-hybridized carbons (Fsp3) is 0.182. The minimum Gasteiger partial charge on any atom is -0.288 e. The number of thioether (sulfide) groups is 1. The summed E-state index contributed by atoms with van der Waals surface area (Å²) in [6.07, 6.45) is 6.92. The number of hydrogen-bond acceptors (Lipinski definition) is 4. The Morgan fingerprint density at radius 2 is 2.47 bits per heavy atom. The zero-order chi connectivity index (χ0) is 11.1. The van der Waals surface area contributed by atoms with Crippen molar-refractivity contribution in [1.82, 2.24) is 4.98 Å². The van der Waals surface area contributed by atoms with Crippen LogP contribution in [0, 0.1) is 11.3 Å². The Hall–Kier alpha value is -1.60. The molecule has 0 N–H and O–H groups in total. The lowest BCUT2D eigenvalue weighted by Crippen LogP contribution is -1.83. The smallest absolute Gasteiger partial charge is 0.186 e. The first kappa shape index (κ1) is 11.5. The summed E-state index contributed by atoms with van der Waals surface area (Å²) in [4.78, 5) is 14.6. The van der Waals surface area contributed by atoms with E-state index < -0.39 is 0 Å². The molecule has 0 aromatic carbocycles. The average molecular weight is 218 g/mol. The van der Waals surface area contributed by atoms with Gasteiger partial charge in [0.05, 0.1) is 5.56 Å². The number of carbonyl (C=O) groups is 1. The predicted molar refractivity (Wildman–Crippen MR) is 61.1 cm³/mol. The second kappa shape index (κ2) is 5.99. The maximum atomic E-state index is 10.6. The molecule has 0 aliphatic heterocycles. The quantitative estimate of drug-likeness (QED) is 0.780. The zero-order valence-corrected chi connectivity index (χ0v) is 9.12. The van der Waals surface area contributed by atoms with Crippen molar-refractivity contribution in [2.45, 2.75) is 6.92 Å². The van der Waals surface area contributed by atoms with Crippen molar-refractivity contribution in [1.29, 1.82) is 5.26 Å². The maximum Gasteiger partial charge on any atom is 0.186 e. The standard InChI is InChI=1S/C11H10N2OS/c1-9(14)15-4-2-3-10-5-11(6-12)8-13-7-10/h2-3,5,7-8H,4H2,1H3. The summed E-state index contributed by atoms with van der Waals surface area (Å²) in [6, 6.07) is 3.77. The van der Waals surface area contributed by atoms with Crippen molar-refractivity contribution >= 4 is 23.0 Å². The van der Waals surface area contributed by atoms with Gasteiger partial charge in [-0.1, -0.05) is 23.9 Å². The summed E-state index contributed by atoms with van der Waals surface area (Å²) in [5, 5.41) is 8.74. The Bertz CT molecular complexity index is 421. The van der Waals surface area contributed by atoms with E-state index in [1.165, 1.54) is 24.9 Å².